The van der Waals surface area contributed by atoms with Crippen LogP contribution in [0, 0.1) is 0 Å². The molecule has 0 aliphatic rings. The molecule has 0 atom stereocenters. The van der Waals surface area contributed by atoms with Gasteiger partial charge in [0, 0.05) is 41.8 Å². The molecule has 1 amide bonds. The number of carbonyl (C=O) groups is 1. The molecular formula is C24H26N2O2S. The first-order valence-electron chi connectivity index (χ1n) is 9.83. The molecule has 3 aromatic rings. The van der Waals surface area contributed by atoms with Gasteiger partial charge in [0.1, 0.15) is 0 Å². The Hall–Kier alpha value is -2.63. The van der Waals surface area contributed by atoms with Crippen molar-refractivity contribution >= 4 is 23.4 Å². The standard InChI is InChI=1S/C24H26N2O2S/c27-24(9-5-16-28-17-14-20-6-2-1-3-7-20)26-22-10-12-23(13-11-22)29-19-21-8-4-15-25-18-21/h1-4,6-8,10-13,15,18H,5,9,14,16-17,19H2,(H,26,27). The minimum Gasteiger partial charge on any atom is -0.381 e. The number of pyridine rings is 1. The van der Waals surface area contributed by atoms with Crippen molar-refractivity contribution in [1.29, 1.82) is 0 Å². The Morgan fingerprint density at radius 3 is 2.48 bits per heavy atom. The summed E-state index contributed by atoms with van der Waals surface area (Å²) in [5, 5.41) is 2.95. The van der Waals surface area contributed by atoms with Gasteiger partial charge in [0.25, 0.3) is 0 Å². The van der Waals surface area contributed by atoms with Crippen LogP contribution in [0.2, 0.25) is 0 Å². The molecule has 1 heterocycles. The number of hydrogen-bond donors (Lipinski definition) is 1. The third-order valence-electron chi connectivity index (χ3n) is 4.34. The summed E-state index contributed by atoms with van der Waals surface area (Å²) in [6.45, 7) is 1.29. The van der Waals surface area contributed by atoms with Gasteiger partial charge in [-0.3, -0.25) is 9.78 Å². The topological polar surface area (TPSA) is 51.2 Å². The molecular weight excluding hydrogens is 380 g/mol. The molecule has 5 heteroatoms. The van der Waals surface area contributed by atoms with E-state index >= 15 is 0 Å². The summed E-state index contributed by atoms with van der Waals surface area (Å²) < 4.78 is 5.63. The second-order valence-corrected chi connectivity index (χ2v) is 7.72. The van der Waals surface area contributed by atoms with E-state index in [9.17, 15) is 4.79 Å². The molecule has 150 valence electrons. The Balaban J connectivity index is 1.29. The number of thioether (sulfide) groups is 1. The first-order chi connectivity index (χ1) is 14.3. The second kappa shape index (κ2) is 12.0. The maximum Gasteiger partial charge on any atom is 0.224 e. The highest BCUT2D eigenvalue weighted by molar-refractivity contribution is 7.98. The molecule has 1 aromatic heterocycles. The molecule has 29 heavy (non-hydrogen) atoms. The molecule has 0 saturated carbocycles. The number of aromatic nitrogens is 1. The van der Waals surface area contributed by atoms with E-state index in [4.69, 9.17) is 4.74 Å². The van der Waals surface area contributed by atoms with E-state index in [-0.39, 0.29) is 5.91 Å². The fraction of sp³-hybridized carbons (Fsp3) is 0.250. The maximum atomic E-state index is 12.1. The van der Waals surface area contributed by atoms with Gasteiger partial charge >= 0.3 is 0 Å². The molecule has 0 aliphatic heterocycles. The molecule has 0 unspecified atom stereocenters. The van der Waals surface area contributed by atoms with Crippen LogP contribution < -0.4 is 5.32 Å². The number of rotatable bonds is 11. The van der Waals surface area contributed by atoms with Crippen LogP contribution in [0.4, 0.5) is 5.69 Å². The number of nitrogens with one attached hydrogen (secondary N) is 1. The second-order valence-electron chi connectivity index (χ2n) is 6.67. The van der Waals surface area contributed by atoms with Crippen molar-refractivity contribution in [3.8, 4) is 0 Å². The number of nitrogens with zero attached hydrogens (tertiary/aromatic N) is 1. The lowest BCUT2D eigenvalue weighted by atomic mass is 10.2. The Morgan fingerprint density at radius 1 is 0.931 bits per heavy atom. The van der Waals surface area contributed by atoms with Crippen molar-refractivity contribution in [3.05, 3.63) is 90.3 Å². The zero-order chi connectivity index (χ0) is 20.2. The van der Waals surface area contributed by atoms with Gasteiger partial charge in [-0.25, -0.2) is 0 Å². The summed E-state index contributed by atoms with van der Waals surface area (Å²) in [7, 11) is 0. The van der Waals surface area contributed by atoms with Gasteiger partial charge in [0.15, 0.2) is 0 Å². The first-order valence-corrected chi connectivity index (χ1v) is 10.8. The van der Waals surface area contributed by atoms with Crippen LogP contribution in [-0.2, 0) is 21.7 Å². The third-order valence-corrected chi connectivity index (χ3v) is 5.42. The maximum absolute atomic E-state index is 12.1. The lowest BCUT2D eigenvalue weighted by Crippen LogP contribution is -2.12. The number of benzene rings is 2. The van der Waals surface area contributed by atoms with Gasteiger partial charge in [-0.2, -0.15) is 0 Å². The molecule has 0 aliphatic carbocycles. The normalized spacial score (nSPS) is 10.6. The average Bonchev–Trinajstić information content (AvgIpc) is 2.77. The Kier molecular flexibility index (Phi) is 8.76. The lowest BCUT2D eigenvalue weighted by Gasteiger charge is -2.07. The van der Waals surface area contributed by atoms with Crippen LogP contribution in [0.25, 0.3) is 0 Å². The smallest absolute Gasteiger partial charge is 0.224 e. The Labute approximate surface area is 176 Å². The van der Waals surface area contributed by atoms with Gasteiger partial charge in [-0.05, 0) is 54.3 Å². The summed E-state index contributed by atoms with van der Waals surface area (Å²) in [6.07, 6.45) is 5.75. The molecule has 4 nitrogen and oxygen atoms in total. The van der Waals surface area contributed by atoms with Gasteiger partial charge in [-0.1, -0.05) is 36.4 Å². The van der Waals surface area contributed by atoms with E-state index in [1.807, 2.05) is 54.7 Å². The van der Waals surface area contributed by atoms with Gasteiger partial charge < -0.3 is 10.1 Å². The van der Waals surface area contributed by atoms with Crippen LogP contribution in [0.3, 0.4) is 0 Å². The number of ether oxygens (including phenoxy) is 1. The lowest BCUT2D eigenvalue weighted by molar-refractivity contribution is -0.116. The van der Waals surface area contributed by atoms with E-state index in [0.717, 1.165) is 24.3 Å². The number of anilines is 1. The summed E-state index contributed by atoms with van der Waals surface area (Å²) in [5.41, 5.74) is 3.29. The Morgan fingerprint density at radius 2 is 1.72 bits per heavy atom. The van der Waals surface area contributed by atoms with Crippen molar-refractivity contribution in [2.75, 3.05) is 18.5 Å². The first kappa shape index (κ1) is 21.1. The van der Waals surface area contributed by atoms with Crippen LogP contribution in [0.5, 0.6) is 0 Å². The zero-order valence-corrected chi connectivity index (χ0v) is 17.2. The number of amides is 1. The highest BCUT2D eigenvalue weighted by atomic mass is 32.2. The molecule has 0 spiro atoms. The summed E-state index contributed by atoms with van der Waals surface area (Å²) in [4.78, 5) is 17.4. The minimum absolute atomic E-state index is 0.0208. The van der Waals surface area contributed by atoms with Gasteiger partial charge in [-0.15, -0.1) is 11.8 Å². The number of hydrogen-bond acceptors (Lipinski definition) is 4. The SMILES string of the molecule is O=C(CCCOCCc1ccccc1)Nc1ccc(SCc2cccnc2)cc1. The highest BCUT2D eigenvalue weighted by Gasteiger charge is 2.03. The van der Waals surface area contributed by atoms with Crippen molar-refractivity contribution < 1.29 is 9.53 Å². The van der Waals surface area contributed by atoms with Crippen molar-refractivity contribution in [1.82, 2.24) is 4.98 Å². The molecule has 0 bridgehead atoms. The molecule has 2 aromatic carbocycles. The average molecular weight is 407 g/mol. The van der Waals surface area contributed by atoms with Gasteiger partial charge in [0.05, 0.1) is 6.61 Å². The number of carbonyl (C=O) groups excluding carboxylic acids is 1. The van der Waals surface area contributed by atoms with E-state index in [0.29, 0.717) is 19.6 Å². The molecule has 3 rings (SSSR count). The highest BCUT2D eigenvalue weighted by Crippen LogP contribution is 2.24. The van der Waals surface area contributed by atoms with Gasteiger partial charge in [0.2, 0.25) is 5.91 Å². The summed E-state index contributed by atoms with van der Waals surface area (Å²) in [5.74, 6) is 0.900. The van der Waals surface area contributed by atoms with E-state index in [2.05, 4.69) is 28.5 Å². The van der Waals surface area contributed by atoms with Crippen LogP contribution in [0.1, 0.15) is 24.0 Å². The molecule has 1 N–H and O–H groups in total. The molecule has 0 radical (unpaired) electrons. The monoisotopic (exact) mass is 406 g/mol. The largest absolute Gasteiger partial charge is 0.381 e. The fourth-order valence-electron chi connectivity index (χ4n) is 2.78. The zero-order valence-electron chi connectivity index (χ0n) is 16.4. The van der Waals surface area contributed by atoms with E-state index in [1.54, 1.807) is 18.0 Å². The predicted octanol–water partition coefficient (Wildman–Crippen LogP) is 5.35. The van der Waals surface area contributed by atoms with E-state index in [1.165, 1.54) is 16.0 Å². The van der Waals surface area contributed by atoms with Crippen LogP contribution in [-0.4, -0.2) is 24.1 Å². The van der Waals surface area contributed by atoms with Crippen molar-refractivity contribution in [2.45, 2.75) is 29.9 Å². The van der Waals surface area contributed by atoms with Crippen molar-refractivity contribution in [2.24, 2.45) is 0 Å². The van der Waals surface area contributed by atoms with Crippen molar-refractivity contribution in [3.63, 3.8) is 0 Å². The predicted molar refractivity (Wildman–Crippen MR) is 119 cm³/mol. The van der Waals surface area contributed by atoms with E-state index < -0.39 is 0 Å². The minimum atomic E-state index is 0.0208. The van der Waals surface area contributed by atoms with Crippen LogP contribution in [0.15, 0.2) is 84.0 Å². The molecule has 0 saturated heterocycles. The quantitative estimate of drug-likeness (QED) is 0.344. The van der Waals surface area contributed by atoms with Crippen LogP contribution >= 0.6 is 11.8 Å². The summed E-state index contributed by atoms with van der Waals surface area (Å²) >= 11 is 1.75. The molecule has 0 fully saturated rings. The summed E-state index contributed by atoms with van der Waals surface area (Å²) in [6, 6.07) is 22.2. The third kappa shape index (κ3) is 8.10. The fourth-order valence-corrected chi connectivity index (χ4v) is 3.61. The Bertz CT molecular complexity index is 855.